The van der Waals surface area contributed by atoms with Crippen molar-refractivity contribution in [3.8, 4) is 0 Å². The maximum absolute atomic E-state index is 9.99. The fourth-order valence-corrected chi connectivity index (χ4v) is 4.61. The highest BCUT2D eigenvalue weighted by molar-refractivity contribution is 4.93. The number of aliphatic hydroxyl groups excluding tert-OH is 2. The van der Waals surface area contributed by atoms with Crippen molar-refractivity contribution in [2.75, 3.05) is 13.2 Å². The van der Waals surface area contributed by atoms with E-state index in [1.165, 1.54) is 0 Å². The molecule has 0 radical (unpaired) electrons. The van der Waals surface area contributed by atoms with Crippen LogP contribution in [0.25, 0.3) is 0 Å². The highest BCUT2D eigenvalue weighted by atomic mass is 16.6. The Kier molecular flexibility index (Phi) is 7.69. The van der Waals surface area contributed by atoms with Gasteiger partial charge < -0.3 is 25.4 Å². The van der Waals surface area contributed by atoms with Gasteiger partial charge in [0.1, 0.15) is 18.3 Å². The zero-order valence-electron chi connectivity index (χ0n) is 16.6. The minimum atomic E-state index is -0.879. The summed E-state index contributed by atoms with van der Waals surface area (Å²) in [7, 11) is 0. The average Bonchev–Trinajstić information content (AvgIpc) is 2.66. The van der Waals surface area contributed by atoms with E-state index < -0.39 is 18.3 Å². The van der Waals surface area contributed by atoms with Crippen molar-refractivity contribution in [3.63, 3.8) is 0 Å². The quantitative estimate of drug-likeness (QED) is 0.597. The van der Waals surface area contributed by atoms with Crippen LogP contribution in [0.1, 0.15) is 61.3 Å². The van der Waals surface area contributed by atoms with E-state index in [1.54, 1.807) is 0 Å². The first-order chi connectivity index (χ1) is 10.9. The van der Waals surface area contributed by atoms with Gasteiger partial charge in [-0.1, -0.05) is 41.5 Å². The van der Waals surface area contributed by atoms with Crippen molar-refractivity contribution in [2.45, 2.75) is 91.8 Å². The predicted molar refractivity (Wildman–Crippen MR) is 96.8 cm³/mol. The number of rotatable bonds is 9. The van der Waals surface area contributed by atoms with Gasteiger partial charge in [-0.05, 0) is 36.5 Å². The molecule has 144 valence electrons. The van der Waals surface area contributed by atoms with Crippen molar-refractivity contribution in [3.05, 3.63) is 0 Å². The molecule has 0 spiro atoms. The van der Waals surface area contributed by atoms with Crippen LogP contribution in [0.4, 0.5) is 0 Å². The first-order valence-corrected chi connectivity index (χ1v) is 9.21. The molecule has 24 heavy (non-hydrogen) atoms. The fourth-order valence-electron chi connectivity index (χ4n) is 4.61. The Bertz CT molecular complexity index is 360. The Morgan fingerprint density at radius 2 is 1.62 bits per heavy atom. The van der Waals surface area contributed by atoms with Gasteiger partial charge in [-0.3, -0.25) is 0 Å². The second kappa shape index (κ2) is 8.45. The maximum Gasteiger partial charge on any atom is 0.110 e. The van der Waals surface area contributed by atoms with Gasteiger partial charge in [-0.25, -0.2) is 0 Å². The summed E-state index contributed by atoms with van der Waals surface area (Å²) >= 11 is 0. The zero-order valence-corrected chi connectivity index (χ0v) is 16.6. The largest absolute Gasteiger partial charge is 0.388 e. The summed E-state index contributed by atoms with van der Waals surface area (Å²) in [4.78, 5) is 0. The Hall–Kier alpha value is -0.200. The molecule has 5 nitrogen and oxygen atoms in total. The van der Waals surface area contributed by atoms with Crippen LogP contribution in [0.3, 0.4) is 0 Å². The number of aliphatic hydroxyl groups is 2. The molecular weight excluding hydrogens is 306 g/mol. The lowest BCUT2D eigenvalue weighted by Crippen LogP contribution is -2.48. The molecular formula is C19H39NO4. The molecule has 1 aliphatic rings. The van der Waals surface area contributed by atoms with Gasteiger partial charge in [-0.2, -0.15) is 0 Å². The van der Waals surface area contributed by atoms with Gasteiger partial charge in [0.25, 0.3) is 0 Å². The molecule has 0 aromatic carbocycles. The second-order valence-electron chi connectivity index (χ2n) is 9.40. The SMILES string of the molecule is CC(C)CC(C)(C)C(OCC1OCC(O)C1O)C(C)(C)CC(C)N. The van der Waals surface area contributed by atoms with E-state index in [9.17, 15) is 10.2 Å². The molecule has 0 aromatic rings. The summed E-state index contributed by atoms with van der Waals surface area (Å²) in [5.41, 5.74) is 5.93. The molecule has 5 atom stereocenters. The molecule has 1 rings (SSSR count). The lowest BCUT2D eigenvalue weighted by molar-refractivity contribution is -0.136. The third kappa shape index (κ3) is 5.95. The van der Waals surface area contributed by atoms with Gasteiger partial charge in [0, 0.05) is 6.04 Å². The van der Waals surface area contributed by atoms with Crippen molar-refractivity contribution in [2.24, 2.45) is 22.5 Å². The van der Waals surface area contributed by atoms with Crippen molar-refractivity contribution in [1.82, 2.24) is 0 Å². The summed E-state index contributed by atoms with van der Waals surface area (Å²) in [5.74, 6) is 0.562. The maximum atomic E-state index is 9.99. The highest BCUT2D eigenvalue weighted by Gasteiger charge is 2.44. The highest BCUT2D eigenvalue weighted by Crippen LogP contribution is 2.43. The molecule has 1 fully saturated rings. The molecule has 1 saturated heterocycles. The van der Waals surface area contributed by atoms with Gasteiger partial charge in [-0.15, -0.1) is 0 Å². The monoisotopic (exact) mass is 345 g/mol. The molecule has 4 N–H and O–H groups in total. The molecule has 0 saturated carbocycles. The molecule has 0 aliphatic carbocycles. The van der Waals surface area contributed by atoms with Crippen molar-refractivity contribution >= 4 is 0 Å². The average molecular weight is 346 g/mol. The minimum absolute atomic E-state index is 0.0213. The van der Waals surface area contributed by atoms with Gasteiger partial charge in [0.15, 0.2) is 0 Å². The number of nitrogens with two attached hydrogens (primary N) is 1. The zero-order chi connectivity index (χ0) is 18.7. The summed E-state index contributed by atoms with van der Waals surface area (Å²) in [6, 6.07) is 0.0936. The molecule has 5 heteroatoms. The van der Waals surface area contributed by atoms with Crippen LogP contribution in [0, 0.1) is 16.7 Å². The van der Waals surface area contributed by atoms with Gasteiger partial charge >= 0.3 is 0 Å². The van der Waals surface area contributed by atoms with Crippen molar-refractivity contribution in [1.29, 1.82) is 0 Å². The summed E-state index contributed by atoms with van der Waals surface area (Å²) in [6.45, 7) is 15.8. The molecule has 1 aliphatic heterocycles. The van der Waals surface area contributed by atoms with Crippen LogP contribution >= 0.6 is 0 Å². The summed E-state index contributed by atoms with van der Waals surface area (Å²) < 4.78 is 11.8. The third-order valence-electron chi connectivity index (χ3n) is 4.89. The Labute approximate surface area is 147 Å². The van der Waals surface area contributed by atoms with Gasteiger partial charge in [0.2, 0.25) is 0 Å². The topological polar surface area (TPSA) is 84.9 Å². The first kappa shape index (κ1) is 21.8. The van der Waals surface area contributed by atoms with E-state index in [0.717, 1.165) is 12.8 Å². The lowest BCUT2D eigenvalue weighted by Gasteiger charge is -2.46. The number of hydrogen-bond acceptors (Lipinski definition) is 5. The van der Waals surface area contributed by atoms with Crippen LogP contribution in [0.5, 0.6) is 0 Å². The number of hydrogen-bond donors (Lipinski definition) is 3. The van der Waals surface area contributed by atoms with E-state index in [1.807, 2.05) is 6.92 Å². The van der Waals surface area contributed by atoms with Crippen LogP contribution in [0.2, 0.25) is 0 Å². The minimum Gasteiger partial charge on any atom is -0.388 e. The Balaban J connectivity index is 2.88. The fraction of sp³-hybridized carbons (Fsp3) is 1.00. The van der Waals surface area contributed by atoms with Crippen LogP contribution in [-0.4, -0.2) is 53.9 Å². The predicted octanol–water partition coefficient (Wildman–Crippen LogP) is 2.33. The van der Waals surface area contributed by atoms with E-state index in [0.29, 0.717) is 5.92 Å². The molecule has 0 bridgehead atoms. The number of ether oxygens (including phenoxy) is 2. The van der Waals surface area contributed by atoms with Crippen molar-refractivity contribution < 1.29 is 19.7 Å². The Morgan fingerprint density at radius 3 is 2.04 bits per heavy atom. The van der Waals surface area contributed by atoms with E-state index in [2.05, 4.69) is 41.5 Å². The first-order valence-electron chi connectivity index (χ1n) is 9.21. The van der Waals surface area contributed by atoms with Gasteiger partial charge in [0.05, 0.1) is 19.3 Å². The third-order valence-corrected chi connectivity index (χ3v) is 4.89. The lowest BCUT2D eigenvalue weighted by atomic mass is 9.66. The Morgan fingerprint density at radius 1 is 1.08 bits per heavy atom. The summed E-state index contributed by atoms with van der Waals surface area (Å²) in [5, 5.41) is 19.6. The van der Waals surface area contributed by atoms with E-state index in [-0.39, 0.29) is 36.2 Å². The van der Waals surface area contributed by atoms with E-state index in [4.69, 9.17) is 15.2 Å². The molecule has 1 heterocycles. The van der Waals surface area contributed by atoms with E-state index >= 15 is 0 Å². The molecule has 0 amide bonds. The van der Waals surface area contributed by atoms with Crippen LogP contribution in [0.15, 0.2) is 0 Å². The molecule has 0 aromatic heterocycles. The van der Waals surface area contributed by atoms with Crippen LogP contribution in [-0.2, 0) is 9.47 Å². The standard InChI is InChI=1S/C19H39NO4/c1-12(2)8-18(4,5)17(19(6,7)9-13(3)20)24-11-15-16(22)14(21)10-23-15/h12-17,21-22H,8-11,20H2,1-7H3. The molecule has 5 unspecified atom stereocenters. The smallest absolute Gasteiger partial charge is 0.110 e. The second-order valence-corrected chi connectivity index (χ2v) is 9.40. The normalized spacial score (nSPS) is 28.4. The summed E-state index contributed by atoms with van der Waals surface area (Å²) in [6.07, 6.45) is -0.296. The van der Waals surface area contributed by atoms with Crippen LogP contribution < -0.4 is 5.73 Å².